The Kier molecular flexibility index (Phi) is 4.89. The van der Waals surface area contributed by atoms with Crippen molar-refractivity contribution >= 4 is 17.8 Å². The van der Waals surface area contributed by atoms with Crippen LogP contribution in [0.15, 0.2) is 24.3 Å². The van der Waals surface area contributed by atoms with Crippen molar-refractivity contribution in [2.75, 3.05) is 6.54 Å². The molecule has 2 heterocycles. The van der Waals surface area contributed by atoms with Crippen molar-refractivity contribution in [1.82, 2.24) is 9.80 Å². The molecule has 1 N–H and O–H groups in total. The zero-order valence-electron chi connectivity index (χ0n) is 15.5. The number of likely N-dealkylation sites (tertiary alicyclic amines) is 2. The smallest absolute Gasteiger partial charge is 0.326 e. The number of aliphatic carboxylic acids is 1. The maximum absolute atomic E-state index is 13.3. The van der Waals surface area contributed by atoms with E-state index in [1.54, 1.807) is 11.0 Å². The molecule has 0 radical (unpaired) electrons. The second kappa shape index (κ2) is 7.33. The normalized spacial score (nSPS) is 27.7. The number of rotatable bonds is 4. The van der Waals surface area contributed by atoms with Crippen LogP contribution in [-0.2, 0) is 16.1 Å². The number of carbonyl (C=O) groups excluding carboxylic acids is 2. The Morgan fingerprint density at radius 2 is 1.96 bits per heavy atom. The molecular formula is C21H26N2O4. The number of hydrogen-bond acceptors (Lipinski definition) is 3. The van der Waals surface area contributed by atoms with E-state index in [-0.39, 0.29) is 17.9 Å². The zero-order valence-corrected chi connectivity index (χ0v) is 15.5. The molecule has 1 aromatic rings. The van der Waals surface area contributed by atoms with Gasteiger partial charge in [-0.2, -0.15) is 0 Å². The van der Waals surface area contributed by atoms with Gasteiger partial charge in [0.15, 0.2) is 0 Å². The number of benzene rings is 1. The number of amides is 2. The van der Waals surface area contributed by atoms with Crippen LogP contribution in [0.1, 0.15) is 60.9 Å². The van der Waals surface area contributed by atoms with Gasteiger partial charge in [0, 0.05) is 31.1 Å². The summed E-state index contributed by atoms with van der Waals surface area (Å²) in [7, 11) is 0. The topological polar surface area (TPSA) is 77.9 Å². The van der Waals surface area contributed by atoms with E-state index >= 15 is 0 Å². The van der Waals surface area contributed by atoms with E-state index in [2.05, 4.69) is 0 Å². The molecule has 0 spiro atoms. The van der Waals surface area contributed by atoms with Crippen LogP contribution in [0.2, 0.25) is 0 Å². The van der Waals surface area contributed by atoms with Crippen molar-refractivity contribution in [3.63, 3.8) is 0 Å². The molecule has 3 atom stereocenters. The molecule has 3 aliphatic rings. The second-order valence-electron chi connectivity index (χ2n) is 8.03. The predicted molar refractivity (Wildman–Crippen MR) is 99.0 cm³/mol. The highest BCUT2D eigenvalue weighted by atomic mass is 16.4. The van der Waals surface area contributed by atoms with Crippen LogP contribution in [-0.4, -0.2) is 51.3 Å². The van der Waals surface area contributed by atoms with Crippen LogP contribution in [0, 0.1) is 5.92 Å². The van der Waals surface area contributed by atoms with E-state index in [0.717, 1.165) is 44.2 Å². The molecule has 0 unspecified atom stereocenters. The van der Waals surface area contributed by atoms with Gasteiger partial charge in [-0.15, -0.1) is 0 Å². The van der Waals surface area contributed by atoms with Gasteiger partial charge < -0.3 is 14.9 Å². The van der Waals surface area contributed by atoms with E-state index in [1.807, 2.05) is 23.1 Å². The minimum absolute atomic E-state index is 0.0381. The number of carboxylic acids is 1. The Balaban J connectivity index is 1.56. The van der Waals surface area contributed by atoms with E-state index in [9.17, 15) is 19.5 Å². The second-order valence-corrected chi connectivity index (χ2v) is 8.03. The van der Waals surface area contributed by atoms with Crippen LogP contribution in [0.4, 0.5) is 0 Å². The molecule has 4 rings (SSSR count). The summed E-state index contributed by atoms with van der Waals surface area (Å²) >= 11 is 0. The molecule has 1 aliphatic carbocycles. The lowest BCUT2D eigenvalue weighted by atomic mass is 9.84. The fourth-order valence-corrected chi connectivity index (χ4v) is 5.02. The molecule has 2 aliphatic heterocycles. The summed E-state index contributed by atoms with van der Waals surface area (Å²) in [4.78, 5) is 40.4. The molecule has 144 valence electrons. The summed E-state index contributed by atoms with van der Waals surface area (Å²) in [6.07, 6.45) is 6.11. The van der Waals surface area contributed by atoms with Gasteiger partial charge in [-0.1, -0.05) is 25.0 Å². The SMILES string of the molecule is O=C(O)[C@@H]1C[C@@H]2CCCC[C@H]2N1C(=O)c1cccc(CN2CCCC2=O)c1. The van der Waals surface area contributed by atoms with Crippen molar-refractivity contribution in [2.45, 2.75) is 63.6 Å². The Morgan fingerprint density at radius 1 is 1.15 bits per heavy atom. The van der Waals surface area contributed by atoms with Crippen molar-refractivity contribution in [3.05, 3.63) is 35.4 Å². The molecule has 0 bridgehead atoms. The van der Waals surface area contributed by atoms with Crippen LogP contribution in [0.25, 0.3) is 0 Å². The van der Waals surface area contributed by atoms with Gasteiger partial charge in [-0.05, 0) is 49.3 Å². The zero-order chi connectivity index (χ0) is 19.0. The van der Waals surface area contributed by atoms with Crippen LogP contribution in [0.3, 0.4) is 0 Å². The molecule has 2 saturated heterocycles. The first-order chi connectivity index (χ1) is 13.0. The lowest BCUT2D eigenvalue weighted by Crippen LogP contribution is -2.46. The average molecular weight is 370 g/mol. The molecule has 6 heteroatoms. The van der Waals surface area contributed by atoms with E-state index in [0.29, 0.717) is 30.9 Å². The van der Waals surface area contributed by atoms with Gasteiger partial charge in [-0.25, -0.2) is 4.79 Å². The summed E-state index contributed by atoms with van der Waals surface area (Å²) in [6.45, 7) is 1.27. The summed E-state index contributed by atoms with van der Waals surface area (Å²) in [5, 5.41) is 9.66. The van der Waals surface area contributed by atoms with E-state index < -0.39 is 12.0 Å². The average Bonchev–Trinajstić information content (AvgIpc) is 3.25. The quantitative estimate of drug-likeness (QED) is 0.884. The number of nitrogens with zero attached hydrogens (tertiary/aromatic N) is 2. The Hall–Kier alpha value is -2.37. The molecule has 3 fully saturated rings. The summed E-state index contributed by atoms with van der Waals surface area (Å²) in [6, 6.07) is 6.64. The Bertz CT molecular complexity index is 762. The van der Waals surface area contributed by atoms with Gasteiger partial charge in [0.05, 0.1) is 0 Å². The van der Waals surface area contributed by atoms with Gasteiger partial charge in [0.25, 0.3) is 5.91 Å². The lowest BCUT2D eigenvalue weighted by Gasteiger charge is -2.33. The molecule has 2 amide bonds. The molecule has 1 aromatic carbocycles. The van der Waals surface area contributed by atoms with Crippen LogP contribution < -0.4 is 0 Å². The number of fused-ring (bicyclic) bond motifs is 1. The standard InChI is InChI=1S/C21H26N2O4/c24-19-9-4-10-22(19)13-14-5-3-7-16(11-14)20(25)23-17-8-2-1-6-15(17)12-18(23)21(26)27/h3,5,7,11,15,17-18H,1-2,4,6,8-10,12-13H2,(H,26,27)/t15-,17+,18-/m0/s1. The first kappa shape index (κ1) is 18.0. The highest BCUT2D eigenvalue weighted by Gasteiger charge is 2.47. The number of carboxylic acid groups (broad SMARTS) is 1. The molecular weight excluding hydrogens is 344 g/mol. The van der Waals surface area contributed by atoms with Crippen molar-refractivity contribution < 1.29 is 19.5 Å². The third-order valence-electron chi connectivity index (χ3n) is 6.33. The first-order valence-electron chi connectivity index (χ1n) is 9.97. The molecule has 0 aromatic heterocycles. The Morgan fingerprint density at radius 3 is 2.70 bits per heavy atom. The summed E-state index contributed by atoms with van der Waals surface area (Å²) < 4.78 is 0. The van der Waals surface area contributed by atoms with E-state index in [4.69, 9.17) is 0 Å². The highest BCUT2D eigenvalue weighted by Crippen LogP contribution is 2.40. The predicted octanol–water partition coefficient (Wildman–Crippen LogP) is 2.67. The lowest BCUT2D eigenvalue weighted by molar-refractivity contribution is -0.141. The third kappa shape index (κ3) is 3.45. The van der Waals surface area contributed by atoms with Crippen molar-refractivity contribution in [2.24, 2.45) is 5.92 Å². The summed E-state index contributed by atoms with van der Waals surface area (Å²) in [5.74, 6) is -0.639. The van der Waals surface area contributed by atoms with Gasteiger partial charge in [-0.3, -0.25) is 9.59 Å². The molecule has 27 heavy (non-hydrogen) atoms. The largest absolute Gasteiger partial charge is 0.480 e. The fourth-order valence-electron chi connectivity index (χ4n) is 5.02. The van der Waals surface area contributed by atoms with Crippen LogP contribution in [0.5, 0.6) is 0 Å². The van der Waals surface area contributed by atoms with Crippen molar-refractivity contribution in [1.29, 1.82) is 0 Å². The maximum atomic E-state index is 13.3. The number of hydrogen-bond donors (Lipinski definition) is 1. The maximum Gasteiger partial charge on any atom is 0.326 e. The number of carbonyl (C=O) groups is 3. The van der Waals surface area contributed by atoms with Crippen molar-refractivity contribution in [3.8, 4) is 0 Å². The first-order valence-corrected chi connectivity index (χ1v) is 9.97. The van der Waals surface area contributed by atoms with Crippen LogP contribution >= 0.6 is 0 Å². The highest BCUT2D eigenvalue weighted by molar-refractivity contribution is 5.97. The van der Waals surface area contributed by atoms with Gasteiger partial charge >= 0.3 is 5.97 Å². The third-order valence-corrected chi connectivity index (χ3v) is 6.33. The fraction of sp³-hybridized carbons (Fsp3) is 0.571. The van der Waals surface area contributed by atoms with Gasteiger partial charge in [0.2, 0.25) is 5.91 Å². The Labute approximate surface area is 159 Å². The molecule has 1 saturated carbocycles. The van der Waals surface area contributed by atoms with Gasteiger partial charge in [0.1, 0.15) is 6.04 Å². The monoisotopic (exact) mass is 370 g/mol. The minimum Gasteiger partial charge on any atom is -0.480 e. The molecule has 6 nitrogen and oxygen atoms in total. The minimum atomic E-state index is -0.906. The van der Waals surface area contributed by atoms with E-state index in [1.165, 1.54) is 0 Å². The summed E-state index contributed by atoms with van der Waals surface area (Å²) in [5.41, 5.74) is 1.44.